The van der Waals surface area contributed by atoms with Crippen LogP contribution in [0.25, 0.3) is 0 Å². The van der Waals surface area contributed by atoms with E-state index in [1.54, 1.807) is 0 Å². The molecule has 98 valence electrons. The summed E-state index contributed by atoms with van der Waals surface area (Å²) in [6, 6.07) is 1.27. The highest BCUT2D eigenvalue weighted by molar-refractivity contribution is 6.33. The number of nitro groups is 1. The number of hydrogen-bond donors (Lipinski definition) is 1. The Hall–Kier alpha value is -1.40. The van der Waals surface area contributed by atoms with Crippen molar-refractivity contribution in [2.45, 2.75) is 19.4 Å². The molecule has 18 heavy (non-hydrogen) atoms. The Kier molecular flexibility index (Phi) is 3.16. The van der Waals surface area contributed by atoms with Crippen LogP contribution in [-0.2, 0) is 0 Å². The Bertz CT molecular complexity index is 486. The van der Waals surface area contributed by atoms with Crippen LogP contribution in [0.2, 0.25) is 5.02 Å². The first-order valence-corrected chi connectivity index (χ1v) is 5.98. The molecule has 7 heteroatoms. The number of rotatable bonds is 3. The van der Waals surface area contributed by atoms with Crippen molar-refractivity contribution in [3.8, 4) is 0 Å². The molecule has 0 aliphatic carbocycles. The van der Waals surface area contributed by atoms with Crippen molar-refractivity contribution in [2.75, 3.05) is 18.0 Å². The van der Waals surface area contributed by atoms with E-state index in [-0.39, 0.29) is 16.6 Å². The summed E-state index contributed by atoms with van der Waals surface area (Å²) in [5.41, 5.74) is -0.865. The van der Waals surface area contributed by atoms with Crippen molar-refractivity contribution in [3.05, 3.63) is 27.4 Å². The minimum atomic E-state index is -0.729. The van der Waals surface area contributed by atoms with Gasteiger partial charge in [0.1, 0.15) is 17.6 Å². The number of aliphatic hydroxyl groups is 1. The minimum Gasteiger partial charge on any atom is -0.386 e. The van der Waals surface area contributed by atoms with Crippen LogP contribution in [0.5, 0.6) is 0 Å². The highest BCUT2D eigenvalue weighted by Crippen LogP contribution is 2.36. The lowest BCUT2D eigenvalue weighted by molar-refractivity contribution is -0.385. The van der Waals surface area contributed by atoms with Crippen molar-refractivity contribution < 1.29 is 10.0 Å². The quantitative estimate of drug-likeness (QED) is 0.670. The van der Waals surface area contributed by atoms with Gasteiger partial charge in [0.25, 0.3) is 5.69 Å². The molecule has 1 aliphatic heterocycles. The molecule has 0 saturated carbocycles. The van der Waals surface area contributed by atoms with E-state index in [1.807, 2.05) is 18.7 Å². The van der Waals surface area contributed by atoms with E-state index in [0.29, 0.717) is 18.9 Å². The second-order valence-electron chi connectivity index (χ2n) is 4.87. The molecule has 1 aromatic heterocycles. The number of β-amino-alcohol motifs (C(OH)–C–C–N with tert-alkyl or cyclic N) is 1. The fraction of sp³-hybridized carbons (Fsp3) is 0.545. The number of hydrogen-bond acceptors (Lipinski definition) is 5. The van der Waals surface area contributed by atoms with Crippen LogP contribution in [0.15, 0.2) is 12.3 Å². The normalized spacial score (nSPS) is 17.7. The second kappa shape index (κ2) is 4.37. The second-order valence-corrected chi connectivity index (χ2v) is 5.28. The van der Waals surface area contributed by atoms with Crippen molar-refractivity contribution in [1.29, 1.82) is 0 Å². The van der Waals surface area contributed by atoms with Crippen LogP contribution < -0.4 is 4.90 Å². The van der Waals surface area contributed by atoms with Crippen LogP contribution in [0.1, 0.15) is 13.8 Å². The average molecular weight is 272 g/mol. The topological polar surface area (TPSA) is 79.5 Å². The maximum absolute atomic E-state index is 10.6. The molecule has 2 rings (SSSR count). The largest absolute Gasteiger partial charge is 0.386 e. The molecule has 0 amide bonds. The fourth-order valence-corrected chi connectivity index (χ4v) is 2.16. The Labute approximate surface area is 109 Å². The van der Waals surface area contributed by atoms with Crippen LogP contribution in [-0.4, -0.2) is 33.7 Å². The average Bonchev–Trinajstić information content (AvgIpc) is 2.24. The van der Waals surface area contributed by atoms with E-state index in [0.717, 1.165) is 0 Å². The van der Waals surface area contributed by atoms with Gasteiger partial charge in [-0.1, -0.05) is 25.4 Å². The lowest BCUT2D eigenvalue weighted by Crippen LogP contribution is -2.65. The number of aromatic nitrogens is 1. The highest BCUT2D eigenvalue weighted by atomic mass is 35.5. The van der Waals surface area contributed by atoms with Gasteiger partial charge in [0.2, 0.25) is 0 Å². The molecule has 1 saturated heterocycles. The molecular formula is C11H14ClN3O3. The Morgan fingerprint density at radius 3 is 2.67 bits per heavy atom. The van der Waals surface area contributed by atoms with Gasteiger partial charge < -0.3 is 10.0 Å². The third-order valence-corrected chi connectivity index (χ3v) is 3.60. The summed E-state index contributed by atoms with van der Waals surface area (Å²) >= 11 is 5.96. The van der Waals surface area contributed by atoms with E-state index < -0.39 is 10.5 Å². The summed E-state index contributed by atoms with van der Waals surface area (Å²) < 4.78 is 0. The summed E-state index contributed by atoms with van der Waals surface area (Å²) in [5, 5.41) is 20.9. The molecule has 0 atom stereocenters. The molecule has 1 aliphatic rings. The summed E-state index contributed by atoms with van der Waals surface area (Å²) in [7, 11) is 0. The van der Waals surface area contributed by atoms with Gasteiger partial charge in [0, 0.05) is 6.07 Å². The Morgan fingerprint density at radius 1 is 1.61 bits per heavy atom. The molecule has 1 N–H and O–H groups in total. The van der Waals surface area contributed by atoms with Gasteiger partial charge in [0.15, 0.2) is 0 Å². The number of anilines is 1. The van der Waals surface area contributed by atoms with Crippen LogP contribution in [0.4, 0.5) is 11.5 Å². The van der Waals surface area contributed by atoms with Gasteiger partial charge in [-0.3, -0.25) is 10.1 Å². The summed E-state index contributed by atoms with van der Waals surface area (Å²) in [6.45, 7) is 4.77. The van der Waals surface area contributed by atoms with E-state index in [4.69, 9.17) is 11.6 Å². The lowest BCUT2D eigenvalue weighted by Gasteiger charge is -2.49. The van der Waals surface area contributed by atoms with Crippen LogP contribution in [0, 0.1) is 16.0 Å². The maximum Gasteiger partial charge on any atom is 0.289 e. The first-order valence-electron chi connectivity index (χ1n) is 5.61. The standard InChI is InChI=1S/C11H14ClN3O3/c1-7(2)11(16)5-14(6-11)10-9(12)3-8(4-13-10)15(17)18/h3-4,7,16H,5-6H2,1-2H3. The highest BCUT2D eigenvalue weighted by Gasteiger charge is 2.44. The van der Waals surface area contributed by atoms with E-state index in [9.17, 15) is 15.2 Å². The molecular weight excluding hydrogens is 258 g/mol. The van der Waals surface area contributed by atoms with E-state index in [1.165, 1.54) is 12.3 Å². The first kappa shape index (κ1) is 13.0. The van der Waals surface area contributed by atoms with Gasteiger partial charge in [-0.25, -0.2) is 4.98 Å². The molecule has 1 fully saturated rings. The molecule has 0 spiro atoms. The monoisotopic (exact) mass is 271 g/mol. The first-order chi connectivity index (χ1) is 8.33. The number of halogens is 1. The maximum atomic E-state index is 10.6. The van der Waals surface area contributed by atoms with Gasteiger partial charge >= 0.3 is 0 Å². The molecule has 0 bridgehead atoms. The molecule has 1 aromatic rings. The van der Waals surface area contributed by atoms with Crippen molar-refractivity contribution in [2.24, 2.45) is 5.92 Å². The summed E-state index contributed by atoms with van der Waals surface area (Å²) in [4.78, 5) is 15.8. The van der Waals surface area contributed by atoms with Crippen molar-refractivity contribution in [1.82, 2.24) is 4.98 Å². The zero-order valence-electron chi connectivity index (χ0n) is 10.1. The Balaban J connectivity index is 2.15. The number of nitrogens with zero attached hydrogens (tertiary/aromatic N) is 3. The zero-order valence-corrected chi connectivity index (χ0v) is 10.9. The van der Waals surface area contributed by atoms with E-state index >= 15 is 0 Å². The Morgan fingerprint density at radius 2 is 2.22 bits per heavy atom. The fourth-order valence-electron chi connectivity index (χ4n) is 1.88. The molecule has 6 nitrogen and oxygen atoms in total. The van der Waals surface area contributed by atoms with Gasteiger partial charge in [0.05, 0.1) is 23.0 Å². The minimum absolute atomic E-state index is 0.136. The SMILES string of the molecule is CC(C)C1(O)CN(c2ncc([N+](=O)[O-])cc2Cl)C1. The summed E-state index contributed by atoms with van der Waals surface area (Å²) in [6.07, 6.45) is 1.17. The van der Waals surface area contributed by atoms with Crippen LogP contribution in [0.3, 0.4) is 0 Å². The molecule has 0 radical (unpaired) electrons. The zero-order chi connectivity index (χ0) is 13.5. The predicted octanol–water partition coefficient (Wildman–Crippen LogP) is 1.85. The molecule has 0 unspecified atom stereocenters. The lowest BCUT2D eigenvalue weighted by atomic mass is 9.83. The van der Waals surface area contributed by atoms with Crippen molar-refractivity contribution in [3.63, 3.8) is 0 Å². The van der Waals surface area contributed by atoms with Gasteiger partial charge in [-0.05, 0) is 5.92 Å². The predicted molar refractivity (Wildman–Crippen MR) is 67.9 cm³/mol. The van der Waals surface area contributed by atoms with Crippen molar-refractivity contribution >= 4 is 23.1 Å². The summed E-state index contributed by atoms with van der Waals surface area (Å²) in [5.74, 6) is 0.623. The molecule has 2 heterocycles. The third kappa shape index (κ3) is 2.13. The number of pyridine rings is 1. The molecule has 0 aromatic carbocycles. The van der Waals surface area contributed by atoms with E-state index in [2.05, 4.69) is 4.98 Å². The smallest absolute Gasteiger partial charge is 0.289 e. The van der Waals surface area contributed by atoms with Crippen LogP contribution >= 0.6 is 11.6 Å². The van der Waals surface area contributed by atoms with Gasteiger partial charge in [-0.15, -0.1) is 0 Å². The third-order valence-electron chi connectivity index (χ3n) is 3.32. The van der Waals surface area contributed by atoms with Gasteiger partial charge in [-0.2, -0.15) is 0 Å².